The summed E-state index contributed by atoms with van der Waals surface area (Å²) in [5, 5.41) is 0. The molecule has 0 N–H and O–H groups in total. The van der Waals surface area contributed by atoms with Crippen LogP contribution >= 0.6 is 46.6 Å². The topological polar surface area (TPSA) is 12.9 Å². The molecule has 0 aliphatic carbocycles. The number of nitrogens with zero attached hydrogens (tertiary/aromatic N) is 1. The smallest absolute Gasteiger partial charge is 0.0878 e. The quantitative estimate of drug-likeness (QED) is 0.413. The molecular formula is C13H16INS2. The average Bonchev–Trinajstić information content (AvgIpc) is 2.60. The molecule has 1 aromatic carbocycles. The summed E-state index contributed by atoms with van der Waals surface area (Å²) in [5.41, 5.74) is 5.76. The highest BCUT2D eigenvalue weighted by Gasteiger charge is 2.25. The zero-order chi connectivity index (χ0) is 12.8. The molecule has 0 bridgehead atoms. The molecule has 0 aliphatic rings. The number of alkyl halides is 1. The minimum absolute atomic E-state index is 0.128. The van der Waals surface area contributed by atoms with Gasteiger partial charge in [-0.1, -0.05) is 55.5 Å². The lowest BCUT2D eigenvalue weighted by molar-refractivity contribution is 0.594. The predicted molar refractivity (Wildman–Crippen MR) is 88.7 cm³/mol. The lowest BCUT2D eigenvalue weighted by Gasteiger charge is -2.23. The fourth-order valence-corrected chi connectivity index (χ4v) is 3.75. The third-order valence-electron chi connectivity index (χ3n) is 2.78. The molecule has 1 nitrogen and oxygen atoms in total. The van der Waals surface area contributed by atoms with Crippen LogP contribution in [0.5, 0.6) is 0 Å². The van der Waals surface area contributed by atoms with Gasteiger partial charge in [0.05, 0.1) is 18.5 Å². The molecule has 0 fully saturated rings. The lowest BCUT2D eigenvalue weighted by Crippen LogP contribution is -2.13. The van der Waals surface area contributed by atoms with Crippen molar-refractivity contribution in [2.45, 2.75) is 35.9 Å². The van der Waals surface area contributed by atoms with E-state index in [4.69, 9.17) is 0 Å². The van der Waals surface area contributed by atoms with Crippen molar-refractivity contribution in [2.75, 3.05) is 0 Å². The number of halogens is 1. The van der Waals surface area contributed by atoms with Gasteiger partial charge in [-0.25, -0.2) is 4.98 Å². The second-order valence-electron chi connectivity index (χ2n) is 5.39. The number of fused-ring (bicyclic) bond motifs is 1. The molecule has 0 saturated carbocycles. The Morgan fingerprint density at radius 2 is 1.76 bits per heavy atom. The molecular weight excluding hydrogens is 361 g/mol. The van der Waals surface area contributed by atoms with E-state index in [1.807, 2.05) is 5.51 Å². The maximum absolute atomic E-state index is 4.67. The number of hydrogen-bond donors (Lipinski definition) is 1. The Morgan fingerprint density at radius 1 is 1.18 bits per heavy atom. The first-order chi connectivity index (χ1) is 7.71. The standard InChI is InChI=1S/C13H16INS2/c1-12(2,3)8-5-6-9(13(4,14)16)11-10(8)15-7-17-11/h5-7,16H,1-4H3. The van der Waals surface area contributed by atoms with Gasteiger partial charge in [-0.15, -0.1) is 11.3 Å². The Hall–Kier alpha value is 0.190. The van der Waals surface area contributed by atoms with Crippen molar-refractivity contribution in [3.05, 3.63) is 28.8 Å². The molecule has 17 heavy (non-hydrogen) atoms. The molecule has 0 radical (unpaired) electrons. The summed E-state index contributed by atoms with van der Waals surface area (Å²) in [4.78, 5) is 4.54. The summed E-state index contributed by atoms with van der Waals surface area (Å²) in [5.74, 6) is 0. The van der Waals surface area contributed by atoms with E-state index in [0.29, 0.717) is 0 Å². The van der Waals surface area contributed by atoms with Crippen LogP contribution in [-0.2, 0) is 8.17 Å². The maximum atomic E-state index is 4.67. The van der Waals surface area contributed by atoms with Crippen LogP contribution in [0.2, 0.25) is 0 Å². The molecule has 0 spiro atoms. The molecule has 2 rings (SSSR count). The van der Waals surface area contributed by atoms with E-state index in [0.717, 1.165) is 5.52 Å². The predicted octanol–water partition coefficient (Wildman–Crippen LogP) is 5.13. The highest BCUT2D eigenvalue weighted by Crippen LogP contribution is 2.43. The van der Waals surface area contributed by atoms with Crippen molar-refractivity contribution in [3.8, 4) is 0 Å². The molecule has 0 aliphatic heterocycles. The van der Waals surface area contributed by atoms with Gasteiger partial charge in [0.2, 0.25) is 0 Å². The number of rotatable bonds is 1. The summed E-state index contributed by atoms with van der Waals surface area (Å²) in [6, 6.07) is 4.39. The molecule has 1 atom stereocenters. The highest BCUT2D eigenvalue weighted by atomic mass is 127. The Kier molecular flexibility index (Phi) is 3.51. The number of thiazole rings is 1. The van der Waals surface area contributed by atoms with E-state index < -0.39 is 0 Å². The van der Waals surface area contributed by atoms with E-state index in [-0.39, 0.29) is 8.17 Å². The van der Waals surface area contributed by atoms with E-state index in [1.54, 1.807) is 11.3 Å². The van der Waals surface area contributed by atoms with Gasteiger partial charge in [-0.3, -0.25) is 0 Å². The van der Waals surface area contributed by atoms with Gasteiger partial charge in [-0.2, -0.15) is 12.6 Å². The molecule has 4 heteroatoms. The first-order valence-corrected chi connectivity index (χ1v) is 7.90. The highest BCUT2D eigenvalue weighted by molar-refractivity contribution is 14.1. The van der Waals surface area contributed by atoms with Crippen LogP contribution in [0.4, 0.5) is 0 Å². The molecule has 1 unspecified atom stereocenters. The molecule has 1 aromatic heterocycles. The zero-order valence-corrected chi connectivity index (χ0v) is 14.3. The summed E-state index contributed by atoms with van der Waals surface area (Å²) >= 11 is 8.74. The Morgan fingerprint density at radius 3 is 2.29 bits per heavy atom. The Labute approximate surface area is 126 Å². The van der Waals surface area contributed by atoms with E-state index in [1.165, 1.54) is 15.8 Å². The van der Waals surface area contributed by atoms with Gasteiger partial charge in [0.1, 0.15) is 0 Å². The summed E-state index contributed by atoms with van der Waals surface area (Å²) in [6.07, 6.45) is 0. The summed E-state index contributed by atoms with van der Waals surface area (Å²) < 4.78 is 1.11. The summed E-state index contributed by atoms with van der Waals surface area (Å²) in [6.45, 7) is 8.79. The molecule has 0 amide bonds. The first kappa shape index (κ1) is 13.6. The van der Waals surface area contributed by atoms with Crippen LogP contribution in [0.1, 0.15) is 38.8 Å². The molecule has 0 saturated heterocycles. The second-order valence-corrected chi connectivity index (χ2v) is 10.2. The van der Waals surface area contributed by atoms with Crippen molar-refractivity contribution < 1.29 is 0 Å². The fourth-order valence-electron chi connectivity index (χ4n) is 1.91. The largest absolute Gasteiger partial charge is 0.244 e. The van der Waals surface area contributed by atoms with E-state index in [9.17, 15) is 0 Å². The molecule has 1 heterocycles. The Balaban J connectivity index is 2.76. The summed E-state index contributed by atoms with van der Waals surface area (Å²) in [7, 11) is 0. The first-order valence-electron chi connectivity index (χ1n) is 5.49. The van der Waals surface area contributed by atoms with Crippen LogP contribution in [0, 0.1) is 0 Å². The SMILES string of the molecule is CC(C)(C)c1ccc(C(C)(S)I)c2scnc12. The second kappa shape index (κ2) is 4.38. The van der Waals surface area contributed by atoms with Crippen LogP contribution in [-0.4, -0.2) is 4.98 Å². The third-order valence-corrected chi connectivity index (χ3v) is 4.47. The average molecular weight is 377 g/mol. The minimum atomic E-state index is -0.154. The number of benzene rings is 1. The Bertz CT molecular complexity index is 499. The molecule has 92 valence electrons. The van der Waals surface area contributed by atoms with Crippen molar-refractivity contribution >= 4 is 56.8 Å². The monoisotopic (exact) mass is 377 g/mol. The van der Waals surface area contributed by atoms with Crippen molar-refractivity contribution in [1.82, 2.24) is 4.98 Å². The van der Waals surface area contributed by atoms with Crippen molar-refractivity contribution in [1.29, 1.82) is 0 Å². The van der Waals surface area contributed by atoms with Gasteiger partial charge < -0.3 is 0 Å². The van der Waals surface area contributed by atoms with Crippen molar-refractivity contribution in [3.63, 3.8) is 0 Å². The zero-order valence-electron chi connectivity index (χ0n) is 10.4. The normalized spacial score (nSPS) is 16.1. The van der Waals surface area contributed by atoms with Crippen molar-refractivity contribution in [2.24, 2.45) is 0 Å². The number of thiol groups is 1. The van der Waals surface area contributed by atoms with Crippen LogP contribution in [0.15, 0.2) is 17.6 Å². The third kappa shape index (κ3) is 2.63. The van der Waals surface area contributed by atoms with Gasteiger partial charge in [0.15, 0.2) is 0 Å². The van der Waals surface area contributed by atoms with Gasteiger partial charge in [0, 0.05) is 0 Å². The molecule has 2 aromatic rings. The lowest BCUT2D eigenvalue weighted by atomic mass is 9.85. The van der Waals surface area contributed by atoms with E-state index >= 15 is 0 Å². The minimum Gasteiger partial charge on any atom is -0.244 e. The van der Waals surface area contributed by atoms with Gasteiger partial charge in [0.25, 0.3) is 0 Å². The number of hydrogen-bond acceptors (Lipinski definition) is 3. The van der Waals surface area contributed by atoms with Gasteiger partial charge >= 0.3 is 0 Å². The van der Waals surface area contributed by atoms with Crippen LogP contribution < -0.4 is 0 Å². The fraction of sp³-hybridized carbons (Fsp3) is 0.462. The van der Waals surface area contributed by atoms with Crippen LogP contribution in [0.25, 0.3) is 10.2 Å². The number of aromatic nitrogens is 1. The van der Waals surface area contributed by atoms with E-state index in [2.05, 4.69) is 80.0 Å². The maximum Gasteiger partial charge on any atom is 0.0878 e. The van der Waals surface area contributed by atoms with Gasteiger partial charge in [-0.05, 0) is 23.5 Å². The van der Waals surface area contributed by atoms with Crippen LogP contribution in [0.3, 0.4) is 0 Å².